The molecule has 0 spiro atoms. The van der Waals surface area contributed by atoms with Crippen LogP contribution in [-0.4, -0.2) is 17.1 Å². The van der Waals surface area contributed by atoms with Gasteiger partial charge in [-0.25, -0.2) is 9.78 Å². The second-order valence-corrected chi connectivity index (χ2v) is 5.96. The average molecular weight is 290 g/mol. The minimum Gasteiger partial charge on any atom is -0.335 e. The van der Waals surface area contributed by atoms with Crippen LogP contribution in [0.25, 0.3) is 0 Å². The van der Waals surface area contributed by atoms with Gasteiger partial charge in [0.1, 0.15) is 0 Å². The molecule has 0 saturated heterocycles. The molecule has 1 aliphatic carbocycles. The van der Waals surface area contributed by atoms with Crippen molar-refractivity contribution in [1.29, 1.82) is 0 Å². The molecule has 1 fully saturated rings. The first kappa shape index (κ1) is 10.9. The summed E-state index contributed by atoms with van der Waals surface area (Å²) in [4.78, 5) is 15.5. The zero-order chi connectivity index (χ0) is 10.7. The van der Waals surface area contributed by atoms with E-state index >= 15 is 0 Å². The Morgan fingerprint density at radius 3 is 2.87 bits per heavy atom. The Hall–Kier alpha value is -0.620. The molecule has 1 aromatic rings. The number of anilines is 1. The Kier molecular flexibility index (Phi) is 3.58. The average Bonchev–Trinajstić information content (AvgIpc) is 2.77. The van der Waals surface area contributed by atoms with Crippen LogP contribution in [0.2, 0.25) is 0 Å². The van der Waals surface area contributed by atoms with Gasteiger partial charge in [-0.1, -0.05) is 24.2 Å². The molecule has 2 N–H and O–H groups in total. The molecular weight excluding hydrogens is 278 g/mol. The lowest BCUT2D eigenvalue weighted by Gasteiger charge is -2.11. The lowest BCUT2D eigenvalue weighted by atomic mass is 10.3. The van der Waals surface area contributed by atoms with Gasteiger partial charge in [0.05, 0.1) is 9.98 Å². The van der Waals surface area contributed by atoms with E-state index in [9.17, 15) is 4.79 Å². The summed E-state index contributed by atoms with van der Waals surface area (Å²) < 4.78 is 0.915. The summed E-state index contributed by atoms with van der Waals surface area (Å²) in [6.07, 6.45) is 6.29. The van der Waals surface area contributed by atoms with Crippen LogP contribution in [-0.2, 0) is 0 Å². The predicted molar refractivity (Wildman–Crippen MR) is 64.2 cm³/mol. The molecule has 6 heteroatoms. The maximum Gasteiger partial charge on any atom is 0.321 e. The Bertz CT molecular complexity index is 349. The third kappa shape index (κ3) is 3.17. The van der Waals surface area contributed by atoms with Crippen LogP contribution in [0.15, 0.2) is 9.98 Å². The van der Waals surface area contributed by atoms with Gasteiger partial charge in [0.15, 0.2) is 5.13 Å². The number of nitrogens with zero attached hydrogens (tertiary/aromatic N) is 1. The highest BCUT2D eigenvalue weighted by Gasteiger charge is 2.17. The fourth-order valence-corrected chi connectivity index (χ4v) is 2.80. The van der Waals surface area contributed by atoms with E-state index in [-0.39, 0.29) is 6.03 Å². The van der Waals surface area contributed by atoms with Crippen molar-refractivity contribution < 1.29 is 4.79 Å². The van der Waals surface area contributed by atoms with Gasteiger partial charge in [-0.3, -0.25) is 5.32 Å². The van der Waals surface area contributed by atoms with Crippen molar-refractivity contribution >= 4 is 38.4 Å². The standard InChI is InChI=1S/C9H12BrN3OS/c10-7-5-11-9(15-7)13-8(14)12-6-3-1-2-4-6/h5-6H,1-4H2,(H2,11,12,13,14). The van der Waals surface area contributed by atoms with Gasteiger partial charge in [-0.2, -0.15) is 0 Å². The minimum absolute atomic E-state index is 0.149. The number of amides is 2. The van der Waals surface area contributed by atoms with Crippen molar-refractivity contribution in [2.75, 3.05) is 5.32 Å². The summed E-state index contributed by atoms with van der Waals surface area (Å²) in [5.74, 6) is 0. The highest BCUT2D eigenvalue weighted by atomic mass is 79.9. The van der Waals surface area contributed by atoms with E-state index in [2.05, 4.69) is 31.5 Å². The monoisotopic (exact) mass is 289 g/mol. The summed E-state index contributed by atoms with van der Waals surface area (Å²) >= 11 is 4.70. The number of halogens is 1. The molecule has 1 aliphatic rings. The largest absolute Gasteiger partial charge is 0.335 e. The molecule has 15 heavy (non-hydrogen) atoms. The molecular formula is C9H12BrN3OS. The summed E-state index contributed by atoms with van der Waals surface area (Å²) in [5.41, 5.74) is 0. The van der Waals surface area contributed by atoms with Gasteiger partial charge >= 0.3 is 6.03 Å². The molecule has 0 aromatic carbocycles. The molecule has 1 heterocycles. The second-order valence-electron chi connectivity index (χ2n) is 3.55. The van der Waals surface area contributed by atoms with Crippen LogP contribution in [0.1, 0.15) is 25.7 Å². The van der Waals surface area contributed by atoms with Crippen LogP contribution < -0.4 is 10.6 Å². The van der Waals surface area contributed by atoms with Crippen LogP contribution in [0, 0.1) is 0 Å². The number of carbonyl (C=O) groups is 1. The Balaban J connectivity index is 1.81. The lowest BCUT2D eigenvalue weighted by Crippen LogP contribution is -2.36. The number of aromatic nitrogens is 1. The van der Waals surface area contributed by atoms with Gasteiger partial charge in [0, 0.05) is 6.04 Å². The molecule has 1 saturated carbocycles. The Morgan fingerprint density at radius 2 is 2.27 bits per heavy atom. The number of carbonyl (C=O) groups excluding carboxylic acids is 1. The second kappa shape index (κ2) is 4.94. The van der Waals surface area contributed by atoms with Crippen molar-refractivity contribution in [3.8, 4) is 0 Å². The molecule has 1 aromatic heterocycles. The third-order valence-electron chi connectivity index (χ3n) is 2.39. The zero-order valence-corrected chi connectivity index (χ0v) is 10.5. The smallest absolute Gasteiger partial charge is 0.321 e. The van der Waals surface area contributed by atoms with E-state index < -0.39 is 0 Å². The van der Waals surface area contributed by atoms with Crippen molar-refractivity contribution in [3.05, 3.63) is 9.98 Å². The molecule has 0 radical (unpaired) electrons. The van der Waals surface area contributed by atoms with Crippen LogP contribution in [0.5, 0.6) is 0 Å². The normalized spacial score (nSPS) is 16.6. The van der Waals surface area contributed by atoms with Crippen LogP contribution >= 0.6 is 27.3 Å². The first-order valence-corrected chi connectivity index (χ1v) is 6.54. The lowest BCUT2D eigenvalue weighted by molar-refractivity contribution is 0.248. The van der Waals surface area contributed by atoms with Crippen molar-refractivity contribution in [2.45, 2.75) is 31.7 Å². The summed E-state index contributed by atoms with van der Waals surface area (Å²) in [6, 6.07) is 0.192. The molecule has 2 rings (SSSR count). The third-order valence-corrected chi connectivity index (χ3v) is 3.78. The fourth-order valence-electron chi connectivity index (χ4n) is 1.70. The number of thiazole rings is 1. The number of hydrogen-bond donors (Lipinski definition) is 2. The molecule has 82 valence electrons. The summed E-state index contributed by atoms with van der Waals surface area (Å²) in [7, 11) is 0. The van der Waals surface area contributed by atoms with Crippen LogP contribution in [0.3, 0.4) is 0 Å². The molecule has 2 amide bonds. The SMILES string of the molecule is O=C(Nc1ncc(Br)s1)NC1CCCC1. The number of hydrogen-bond acceptors (Lipinski definition) is 3. The van der Waals surface area contributed by atoms with E-state index in [1.807, 2.05) is 0 Å². The highest BCUT2D eigenvalue weighted by molar-refractivity contribution is 9.11. The number of nitrogens with one attached hydrogen (secondary N) is 2. The van der Waals surface area contributed by atoms with Gasteiger partial charge in [-0.15, -0.1) is 0 Å². The Morgan fingerprint density at radius 1 is 1.53 bits per heavy atom. The van der Waals surface area contributed by atoms with Gasteiger partial charge in [-0.05, 0) is 28.8 Å². The summed E-state index contributed by atoms with van der Waals surface area (Å²) in [5, 5.41) is 6.28. The zero-order valence-electron chi connectivity index (χ0n) is 8.12. The van der Waals surface area contributed by atoms with E-state index in [4.69, 9.17) is 0 Å². The van der Waals surface area contributed by atoms with Crippen molar-refractivity contribution in [1.82, 2.24) is 10.3 Å². The number of rotatable bonds is 2. The first-order chi connectivity index (χ1) is 7.24. The summed E-state index contributed by atoms with van der Waals surface area (Å²) in [6.45, 7) is 0. The predicted octanol–water partition coefficient (Wildman–Crippen LogP) is 2.97. The Labute approximate surface area is 101 Å². The molecule has 0 unspecified atom stereocenters. The minimum atomic E-state index is -0.149. The van der Waals surface area contributed by atoms with Gasteiger partial charge in [0.2, 0.25) is 0 Å². The van der Waals surface area contributed by atoms with E-state index in [0.29, 0.717) is 11.2 Å². The van der Waals surface area contributed by atoms with Crippen molar-refractivity contribution in [3.63, 3.8) is 0 Å². The maximum atomic E-state index is 11.5. The first-order valence-electron chi connectivity index (χ1n) is 4.93. The topological polar surface area (TPSA) is 54.0 Å². The molecule has 0 aliphatic heterocycles. The van der Waals surface area contributed by atoms with Crippen LogP contribution in [0.4, 0.5) is 9.93 Å². The quantitative estimate of drug-likeness (QED) is 0.879. The van der Waals surface area contributed by atoms with E-state index in [1.165, 1.54) is 24.2 Å². The number of urea groups is 1. The van der Waals surface area contributed by atoms with Gasteiger partial charge < -0.3 is 5.32 Å². The van der Waals surface area contributed by atoms with E-state index in [1.54, 1.807) is 6.20 Å². The van der Waals surface area contributed by atoms with E-state index in [0.717, 1.165) is 16.6 Å². The molecule has 0 atom stereocenters. The maximum absolute atomic E-state index is 11.5. The van der Waals surface area contributed by atoms with Crippen molar-refractivity contribution in [2.24, 2.45) is 0 Å². The molecule has 4 nitrogen and oxygen atoms in total. The van der Waals surface area contributed by atoms with Gasteiger partial charge in [0.25, 0.3) is 0 Å². The fraction of sp³-hybridized carbons (Fsp3) is 0.556. The molecule has 0 bridgehead atoms. The highest BCUT2D eigenvalue weighted by Crippen LogP contribution is 2.23.